The van der Waals surface area contributed by atoms with Gasteiger partial charge in [-0.2, -0.15) is 0 Å². The first kappa shape index (κ1) is 16.0. The lowest BCUT2D eigenvalue weighted by molar-refractivity contribution is -0.115. The van der Waals surface area contributed by atoms with Gasteiger partial charge in [-0.05, 0) is 51.8 Å². The lowest BCUT2D eigenvalue weighted by Gasteiger charge is -2.15. The number of oxazole rings is 1. The van der Waals surface area contributed by atoms with Gasteiger partial charge in [-0.3, -0.25) is 4.79 Å². The van der Waals surface area contributed by atoms with Crippen LogP contribution >= 0.6 is 0 Å². The number of nitrogens with zero attached hydrogens (tertiary/aromatic N) is 1. The molecule has 1 aromatic carbocycles. The van der Waals surface area contributed by atoms with Crippen LogP contribution in [0, 0.1) is 0 Å². The van der Waals surface area contributed by atoms with E-state index in [2.05, 4.69) is 10.3 Å². The summed E-state index contributed by atoms with van der Waals surface area (Å²) in [6.45, 7) is 4.55. The molecule has 1 atom stereocenters. The second-order valence-electron chi connectivity index (χ2n) is 6.28. The predicted molar refractivity (Wildman–Crippen MR) is 88.1 cm³/mol. The van der Waals surface area contributed by atoms with Crippen molar-refractivity contribution in [1.29, 1.82) is 0 Å². The van der Waals surface area contributed by atoms with E-state index in [1.165, 1.54) is 6.92 Å². The van der Waals surface area contributed by atoms with Crippen molar-refractivity contribution in [3.8, 4) is 0 Å². The number of hydrogen-bond acceptors (Lipinski definition) is 5. The SMILES string of the molecule is CC(C)S(=O)(=O)[C@@H](C)C(=O)Nc1ccc2oc(C3CC3)nc2c1. The van der Waals surface area contributed by atoms with Gasteiger partial charge in [-0.15, -0.1) is 0 Å². The summed E-state index contributed by atoms with van der Waals surface area (Å²) in [5, 5.41) is 0.955. The van der Waals surface area contributed by atoms with Gasteiger partial charge in [-0.25, -0.2) is 13.4 Å². The maximum atomic E-state index is 12.2. The van der Waals surface area contributed by atoms with Crippen molar-refractivity contribution in [2.45, 2.75) is 50.0 Å². The Kier molecular flexibility index (Phi) is 3.91. The van der Waals surface area contributed by atoms with Crippen molar-refractivity contribution in [3.05, 3.63) is 24.1 Å². The fraction of sp³-hybridized carbons (Fsp3) is 0.500. The van der Waals surface area contributed by atoms with Crippen molar-refractivity contribution < 1.29 is 17.6 Å². The van der Waals surface area contributed by atoms with E-state index in [0.717, 1.165) is 18.7 Å². The van der Waals surface area contributed by atoms with E-state index < -0.39 is 26.2 Å². The van der Waals surface area contributed by atoms with Crippen LogP contribution in [0.4, 0.5) is 5.69 Å². The molecule has 1 fully saturated rings. The first-order chi connectivity index (χ1) is 10.8. The molecule has 1 aromatic heterocycles. The molecule has 6 nitrogen and oxygen atoms in total. The van der Waals surface area contributed by atoms with E-state index in [-0.39, 0.29) is 0 Å². The van der Waals surface area contributed by atoms with Gasteiger partial charge in [-0.1, -0.05) is 0 Å². The van der Waals surface area contributed by atoms with Crippen LogP contribution in [0.1, 0.15) is 45.4 Å². The molecule has 124 valence electrons. The van der Waals surface area contributed by atoms with Gasteiger partial charge in [0, 0.05) is 11.6 Å². The molecule has 0 radical (unpaired) electrons. The second-order valence-corrected chi connectivity index (χ2v) is 9.11. The number of sulfone groups is 1. The highest BCUT2D eigenvalue weighted by Gasteiger charge is 2.31. The van der Waals surface area contributed by atoms with Crippen LogP contribution in [0.3, 0.4) is 0 Å². The fourth-order valence-electron chi connectivity index (χ4n) is 2.33. The molecular formula is C16H20N2O4S. The van der Waals surface area contributed by atoms with Crippen LogP contribution in [0.2, 0.25) is 0 Å². The molecule has 0 spiro atoms. The number of amides is 1. The molecule has 1 heterocycles. The Morgan fingerprint density at radius 3 is 2.61 bits per heavy atom. The minimum atomic E-state index is -3.48. The van der Waals surface area contributed by atoms with Crippen LogP contribution in [0.15, 0.2) is 22.6 Å². The van der Waals surface area contributed by atoms with Crippen LogP contribution in [-0.4, -0.2) is 29.8 Å². The number of rotatable bonds is 5. The van der Waals surface area contributed by atoms with Crippen molar-refractivity contribution in [1.82, 2.24) is 4.98 Å². The van der Waals surface area contributed by atoms with E-state index in [0.29, 0.717) is 22.7 Å². The Labute approximate surface area is 135 Å². The van der Waals surface area contributed by atoms with Crippen LogP contribution in [0.5, 0.6) is 0 Å². The topological polar surface area (TPSA) is 89.3 Å². The zero-order valence-corrected chi connectivity index (χ0v) is 14.2. The Morgan fingerprint density at radius 1 is 1.30 bits per heavy atom. The molecule has 1 amide bonds. The van der Waals surface area contributed by atoms with Gasteiger partial charge in [0.25, 0.3) is 0 Å². The predicted octanol–water partition coefficient (Wildman–Crippen LogP) is 2.86. The standard InChI is InChI=1S/C16H20N2O4S/c1-9(2)23(20,21)10(3)15(19)17-12-6-7-14-13(8-12)18-16(22-14)11-4-5-11/h6-11H,4-5H2,1-3H3,(H,17,19)/t10-/m0/s1. The Bertz CT molecular complexity index is 850. The molecule has 1 aliphatic rings. The van der Waals surface area contributed by atoms with Crippen molar-refractivity contribution >= 4 is 32.5 Å². The molecule has 1 N–H and O–H groups in total. The number of aromatic nitrogens is 1. The lowest BCUT2D eigenvalue weighted by Crippen LogP contribution is -2.36. The minimum absolute atomic E-state index is 0.414. The number of carbonyl (C=O) groups excluding carboxylic acids is 1. The molecule has 0 unspecified atom stereocenters. The lowest BCUT2D eigenvalue weighted by atomic mass is 10.3. The van der Waals surface area contributed by atoms with Crippen LogP contribution in [-0.2, 0) is 14.6 Å². The van der Waals surface area contributed by atoms with E-state index in [4.69, 9.17) is 4.42 Å². The number of anilines is 1. The zero-order chi connectivity index (χ0) is 16.8. The average molecular weight is 336 g/mol. The highest BCUT2D eigenvalue weighted by Crippen LogP contribution is 2.40. The monoisotopic (exact) mass is 336 g/mol. The molecule has 3 rings (SSSR count). The molecule has 1 aliphatic carbocycles. The van der Waals surface area contributed by atoms with E-state index >= 15 is 0 Å². The van der Waals surface area contributed by atoms with Crippen LogP contribution in [0.25, 0.3) is 11.1 Å². The van der Waals surface area contributed by atoms with Gasteiger partial charge in [0.1, 0.15) is 10.8 Å². The maximum absolute atomic E-state index is 12.2. The number of hydrogen-bond donors (Lipinski definition) is 1. The van der Waals surface area contributed by atoms with Gasteiger partial charge in [0.05, 0.1) is 5.25 Å². The van der Waals surface area contributed by atoms with Crippen molar-refractivity contribution in [2.75, 3.05) is 5.32 Å². The first-order valence-electron chi connectivity index (χ1n) is 7.73. The molecule has 2 aromatic rings. The van der Waals surface area contributed by atoms with Crippen molar-refractivity contribution in [3.63, 3.8) is 0 Å². The second kappa shape index (κ2) is 5.63. The maximum Gasteiger partial charge on any atom is 0.242 e. The minimum Gasteiger partial charge on any atom is -0.440 e. The first-order valence-corrected chi connectivity index (χ1v) is 9.34. The summed E-state index contributed by atoms with van der Waals surface area (Å²) in [5.41, 5.74) is 1.86. The molecule has 23 heavy (non-hydrogen) atoms. The summed E-state index contributed by atoms with van der Waals surface area (Å²) in [6, 6.07) is 5.14. The Hall–Kier alpha value is -1.89. The third-order valence-electron chi connectivity index (χ3n) is 4.12. The van der Waals surface area contributed by atoms with E-state index in [1.807, 2.05) is 0 Å². The quantitative estimate of drug-likeness (QED) is 0.907. The summed E-state index contributed by atoms with van der Waals surface area (Å²) in [7, 11) is -3.48. The van der Waals surface area contributed by atoms with E-state index in [9.17, 15) is 13.2 Å². The molecule has 0 aliphatic heterocycles. The highest BCUT2D eigenvalue weighted by molar-refractivity contribution is 7.93. The summed E-state index contributed by atoms with van der Waals surface area (Å²) in [4.78, 5) is 16.6. The summed E-state index contributed by atoms with van der Waals surface area (Å²) in [6.07, 6.45) is 2.20. The Morgan fingerprint density at radius 2 is 2.00 bits per heavy atom. The Balaban J connectivity index is 1.79. The largest absolute Gasteiger partial charge is 0.440 e. The van der Waals surface area contributed by atoms with Crippen molar-refractivity contribution in [2.24, 2.45) is 0 Å². The number of nitrogens with one attached hydrogen (secondary N) is 1. The highest BCUT2D eigenvalue weighted by atomic mass is 32.2. The molecular weight excluding hydrogens is 316 g/mol. The van der Waals surface area contributed by atoms with Gasteiger partial charge < -0.3 is 9.73 Å². The molecule has 1 saturated carbocycles. The zero-order valence-electron chi connectivity index (χ0n) is 13.4. The summed E-state index contributed by atoms with van der Waals surface area (Å²) >= 11 is 0. The third-order valence-corrected chi connectivity index (χ3v) is 6.63. The summed E-state index contributed by atoms with van der Waals surface area (Å²) < 4.78 is 29.8. The fourth-order valence-corrected chi connectivity index (χ4v) is 3.50. The smallest absolute Gasteiger partial charge is 0.242 e. The molecule has 0 saturated heterocycles. The number of carbonyl (C=O) groups is 1. The average Bonchev–Trinajstić information content (AvgIpc) is 3.26. The molecule has 7 heteroatoms. The summed E-state index contributed by atoms with van der Waals surface area (Å²) in [5.74, 6) is 0.611. The molecule has 0 bridgehead atoms. The normalized spacial score (nSPS) is 16.7. The van der Waals surface area contributed by atoms with E-state index in [1.54, 1.807) is 32.0 Å². The van der Waals surface area contributed by atoms with Gasteiger partial charge in [0.15, 0.2) is 21.3 Å². The number of benzene rings is 1. The van der Waals surface area contributed by atoms with Gasteiger partial charge >= 0.3 is 0 Å². The third kappa shape index (κ3) is 3.10. The van der Waals surface area contributed by atoms with Gasteiger partial charge in [0.2, 0.25) is 5.91 Å². The number of fused-ring (bicyclic) bond motifs is 1. The van der Waals surface area contributed by atoms with Crippen LogP contribution < -0.4 is 5.32 Å².